The zero-order valence-electron chi connectivity index (χ0n) is 7.12. The highest BCUT2D eigenvalue weighted by Gasteiger charge is 2.30. The van der Waals surface area contributed by atoms with Crippen molar-refractivity contribution in [2.24, 2.45) is 0 Å². The highest BCUT2D eigenvalue weighted by Crippen LogP contribution is 2.17. The van der Waals surface area contributed by atoms with Crippen molar-refractivity contribution in [2.75, 3.05) is 20.2 Å². The summed E-state index contributed by atoms with van der Waals surface area (Å²) in [6.07, 6.45) is 1.79. The number of methoxy groups -OCH3 is 1. The summed E-state index contributed by atoms with van der Waals surface area (Å²) in [6, 6.07) is 1.85. The largest absolute Gasteiger partial charge is 0.468 e. The number of hydrogen-bond donors (Lipinski definition) is 0. The van der Waals surface area contributed by atoms with Crippen LogP contribution in [0, 0.1) is 11.3 Å². The number of rotatable bonds is 2. The summed E-state index contributed by atoms with van der Waals surface area (Å²) < 4.78 is 4.62. The summed E-state index contributed by atoms with van der Waals surface area (Å²) in [5, 5.41) is 8.46. The van der Waals surface area contributed by atoms with Gasteiger partial charge >= 0.3 is 5.97 Å². The molecule has 1 fully saturated rings. The van der Waals surface area contributed by atoms with Gasteiger partial charge < -0.3 is 4.74 Å². The summed E-state index contributed by atoms with van der Waals surface area (Å²) in [6.45, 7) is 1.15. The van der Waals surface area contributed by atoms with Crippen molar-refractivity contribution in [1.82, 2.24) is 4.90 Å². The van der Waals surface area contributed by atoms with E-state index in [2.05, 4.69) is 4.74 Å². The van der Waals surface area contributed by atoms with Crippen LogP contribution in [0.1, 0.15) is 12.8 Å². The van der Waals surface area contributed by atoms with Gasteiger partial charge in [-0.25, -0.2) is 0 Å². The van der Waals surface area contributed by atoms with Gasteiger partial charge in [-0.2, -0.15) is 5.26 Å². The minimum atomic E-state index is -0.220. The fourth-order valence-electron chi connectivity index (χ4n) is 1.51. The van der Waals surface area contributed by atoms with Crippen LogP contribution in [-0.2, 0) is 9.53 Å². The summed E-state index contributed by atoms with van der Waals surface area (Å²) in [5.74, 6) is -0.220. The Morgan fingerprint density at radius 3 is 3.17 bits per heavy atom. The summed E-state index contributed by atoms with van der Waals surface area (Å²) >= 11 is 0. The SMILES string of the molecule is COC(=O)[C@H]1CCCN1CC#N. The molecule has 0 aliphatic carbocycles. The molecule has 0 aromatic rings. The van der Waals surface area contributed by atoms with Crippen LogP contribution in [0.2, 0.25) is 0 Å². The van der Waals surface area contributed by atoms with Gasteiger partial charge in [0.25, 0.3) is 0 Å². The first kappa shape index (κ1) is 9.01. The lowest BCUT2D eigenvalue weighted by Gasteiger charge is -2.18. The maximum Gasteiger partial charge on any atom is 0.323 e. The van der Waals surface area contributed by atoms with Crippen molar-refractivity contribution >= 4 is 5.97 Å². The number of nitrogens with zero attached hydrogens (tertiary/aromatic N) is 2. The molecule has 0 aromatic carbocycles. The van der Waals surface area contributed by atoms with E-state index < -0.39 is 0 Å². The minimum Gasteiger partial charge on any atom is -0.468 e. The van der Waals surface area contributed by atoms with Crippen LogP contribution in [0.5, 0.6) is 0 Å². The average molecular weight is 168 g/mol. The lowest BCUT2D eigenvalue weighted by atomic mass is 10.2. The van der Waals surface area contributed by atoms with Gasteiger partial charge in [0.05, 0.1) is 19.7 Å². The van der Waals surface area contributed by atoms with E-state index >= 15 is 0 Å². The lowest BCUT2D eigenvalue weighted by Crippen LogP contribution is -2.36. The molecule has 0 unspecified atom stereocenters. The average Bonchev–Trinajstić information content (AvgIpc) is 2.52. The van der Waals surface area contributed by atoms with Gasteiger partial charge in [-0.15, -0.1) is 0 Å². The second-order valence-electron chi connectivity index (χ2n) is 2.81. The van der Waals surface area contributed by atoms with Crippen molar-refractivity contribution in [1.29, 1.82) is 5.26 Å². The van der Waals surface area contributed by atoms with Gasteiger partial charge in [0, 0.05) is 6.54 Å². The highest BCUT2D eigenvalue weighted by atomic mass is 16.5. The van der Waals surface area contributed by atoms with E-state index in [1.54, 1.807) is 0 Å². The molecular formula is C8H12N2O2. The summed E-state index contributed by atoms with van der Waals surface area (Å²) in [7, 11) is 1.38. The number of nitriles is 1. The second-order valence-corrected chi connectivity index (χ2v) is 2.81. The van der Waals surface area contributed by atoms with E-state index in [0.29, 0.717) is 6.54 Å². The van der Waals surface area contributed by atoms with Crippen molar-refractivity contribution in [3.63, 3.8) is 0 Å². The lowest BCUT2D eigenvalue weighted by molar-refractivity contribution is -0.145. The van der Waals surface area contributed by atoms with Crippen LogP contribution in [-0.4, -0.2) is 37.1 Å². The maximum atomic E-state index is 11.1. The topological polar surface area (TPSA) is 53.3 Å². The summed E-state index contributed by atoms with van der Waals surface area (Å²) in [4.78, 5) is 13.0. The van der Waals surface area contributed by atoms with E-state index in [4.69, 9.17) is 5.26 Å². The predicted octanol–water partition coefficient (Wildman–Crippen LogP) is 0.147. The molecule has 4 nitrogen and oxygen atoms in total. The first-order chi connectivity index (χ1) is 5.79. The molecule has 66 valence electrons. The van der Waals surface area contributed by atoms with E-state index in [9.17, 15) is 4.79 Å². The Morgan fingerprint density at radius 1 is 1.83 bits per heavy atom. The van der Waals surface area contributed by atoms with Crippen LogP contribution in [0.15, 0.2) is 0 Å². The molecule has 0 spiro atoms. The van der Waals surface area contributed by atoms with Crippen LogP contribution in [0.3, 0.4) is 0 Å². The van der Waals surface area contributed by atoms with Crippen LogP contribution < -0.4 is 0 Å². The fraction of sp³-hybridized carbons (Fsp3) is 0.750. The van der Waals surface area contributed by atoms with Crippen LogP contribution in [0.4, 0.5) is 0 Å². The molecule has 1 aliphatic rings. The Kier molecular flexibility index (Phi) is 3.06. The standard InChI is InChI=1S/C8H12N2O2/c1-12-8(11)7-3-2-5-10(7)6-4-9/h7H,2-3,5-6H2,1H3/t7-/m1/s1. The number of carbonyl (C=O) groups excluding carboxylic acids is 1. The number of carbonyl (C=O) groups is 1. The van der Waals surface area contributed by atoms with Gasteiger partial charge in [-0.05, 0) is 12.8 Å². The van der Waals surface area contributed by atoms with Crippen LogP contribution >= 0.6 is 0 Å². The van der Waals surface area contributed by atoms with Gasteiger partial charge in [-0.3, -0.25) is 9.69 Å². The Balaban J connectivity index is 2.52. The third kappa shape index (κ3) is 1.74. The Hall–Kier alpha value is -1.08. The van der Waals surface area contributed by atoms with Crippen molar-refractivity contribution in [3.8, 4) is 6.07 Å². The normalized spacial score (nSPS) is 23.5. The van der Waals surface area contributed by atoms with Gasteiger partial charge in [0.2, 0.25) is 0 Å². The van der Waals surface area contributed by atoms with Crippen molar-refractivity contribution in [3.05, 3.63) is 0 Å². The first-order valence-electron chi connectivity index (χ1n) is 3.98. The van der Waals surface area contributed by atoms with Crippen LogP contribution in [0.25, 0.3) is 0 Å². The van der Waals surface area contributed by atoms with Gasteiger partial charge in [-0.1, -0.05) is 0 Å². The molecule has 1 atom stereocenters. The molecule has 0 saturated carbocycles. The zero-order valence-corrected chi connectivity index (χ0v) is 7.12. The Bertz CT molecular complexity index is 210. The predicted molar refractivity (Wildman–Crippen MR) is 42.2 cm³/mol. The Morgan fingerprint density at radius 2 is 2.58 bits per heavy atom. The van der Waals surface area contributed by atoms with E-state index in [-0.39, 0.29) is 12.0 Å². The third-order valence-electron chi connectivity index (χ3n) is 2.11. The molecule has 12 heavy (non-hydrogen) atoms. The molecule has 0 N–H and O–H groups in total. The molecule has 0 radical (unpaired) electrons. The van der Waals surface area contributed by atoms with Gasteiger partial charge in [0.15, 0.2) is 0 Å². The molecule has 1 rings (SSSR count). The van der Waals surface area contributed by atoms with Crippen molar-refractivity contribution < 1.29 is 9.53 Å². The highest BCUT2D eigenvalue weighted by molar-refractivity contribution is 5.76. The molecule has 1 aliphatic heterocycles. The summed E-state index contributed by atoms with van der Waals surface area (Å²) in [5.41, 5.74) is 0. The quantitative estimate of drug-likeness (QED) is 0.435. The number of ether oxygens (including phenoxy) is 1. The molecule has 4 heteroatoms. The number of esters is 1. The zero-order chi connectivity index (χ0) is 8.97. The molecular weight excluding hydrogens is 156 g/mol. The molecule has 1 heterocycles. The molecule has 1 saturated heterocycles. The minimum absolute atomic E-state index is 0.186. The Labute approximate surface area is 71.7 Å². The number of hydrogen-bond acceptors (Lipinski definition) is 4. The fourth-order valence-corrected chi connectivity index (χ4v) is 1.51. The smallest absolute Gasteiger partial charge is 0.323 e. The number of likely N-dealkylation sites (tertiary alicyclic amines) is 1. The third-order valence-corrected chi connectivity index (χ3v) is 2.11. The van der Waals surface area contributed by atoms with E-state index in [1.165, 1.54) is 7.11 Å². The van der Waals surface area contributed by atoms with E-state index in [0.717, 1.165) is 19.4 Å². The molecule has 0 bridgehead atoms. The monoisotopic (exact) mass is 168 g/mol. The second kappa shape index (κ2) is 4.07. The van der Waals surface area contributed by atoms with E-state index in [1.807, 2.05) is 11.0 Å². The van der Waals surface area contributed by atoms with Gasteiger partial charge in [0.1, 0.15) is 6.04 Å². The van der Waals surface area contributed by atoms with Crippen molar-refractivity contribution in [2.45, 2.75) is 18.9 Å². The molecule has 0 amide bonds. The molecule has 0 aromatic heterocycles. The maximum absolute atomic E-state index is 11.1. The first-order valence-corrected chi connectivity index (χ1v) is 3.98.